The molecular formula is C20H27N5O2. The number of hydrogen-bond donors (Lipinski definition) is 0. The number of pyridine rings is 1. The molecule has 0 aromatic carbocycles. The van der Waals surface area contributed by atoms with Gasteiger partial charge in [-0.2, -0.15) is 5.10 Å². The van der Waals surface area contributed by atoms with E-state index in [4.69, 9.17) is 0 Å². The first kappa shape index (κ1) is 17.9. The summed E-state index contributed by atoms with van der Waals surface area (Å²) in [6.45, 7) is 3.26. The van der Waals surface area contributed by atoms with E-state index in [9.17, 15) is 9.59 Å². The molecule has 1 atom stereocenters. The van der Waals surface area contributed by atoms with Crippen molar-refractivity contribution < 1.29 is 4.79 Å². The maximum absolute atomic E-state index is 12.9. The van der Waals surface area contributed by atoms with Crippen molar-refractivity contribution in [3.8, 4) is 0 Å². The van der Waals surface area contributed by atoms with Crippen LogP contribution in [0.15, 0.2) is 23.1 Å². The Bertz CT molecular complexity index is 877. The van der Waals surface area contributed by atoms with Crippen LogP contribution in [-0.2, 0) is 7.05 Å². The molecule has 4 rings (SSSR count). The Morgan fingerprint density at radius 2 is 1.93 bits per heavy atom. The third-order valence-corrected chi connectivity index (χ3v) is 5.90. The highest BCUT2D eigenvalue weighted by Gasteiger charge is 2.32. The van der Waals surface area contributed by atoms with Crippen molar-refractivity contribution in [3.63, 3.8) is 0 Å². The zero-order valence-electron chi connectivity index (χ0n) is 16.1. The van der Waals surface area contributed by atoms with Crippen LogP contribution in [0.1, 0.15) is 72.4 Å². The van der Waals surface area contributed by atoms with Gasteiger partial charge in [0.15, 0.2) is 0 Å². The lowest BCUT2D eigenvalue weighted by molar-refractivity contribution is 0.0702. The first-order valence-corrected chi connectivity index (χ1v) is 9.92. The summed E-state index contributed by atoms with van der Waals surface area (Å²) in [4.78, 5) is 31.7. The van der Waals surface area contributed by atoms with Crippen LogP contribution in [0.4, 0.5) is 0 Å². The number of piperidine rings is 1. The van der Waals surface area contributed by atoms with E-state index in [0.29, 0.717) is 12.1 Å². The van der Waals surface area contributed by atoms with E-state index in [2.05, 4.69) is 10.1 Å². The van der Waals surface area contributed by atoms with Gasteiger partial charge in [0.25, 0.3) is 5.91 Å². The summed E-state index contributed by atoms with van der Waals surface area (Å²) in [6.07, 6.45) is 7.95. The van der Waals surface area contributed by atoms with Crippen LogP contribution in [-0.4, -0.2) is 43.2 Å². The molecule has 0 radical (unpaired) electrons. The van der Waals surface area contributed by atoms with Crippen LogP contribution in [0.5, 0.6) is 0 Å². The zero-order chi connectivity index (χ0) is 19.0. The highest BCUT2D eigenvalue weighted by atomic mass is 16.2. The smallest absolute Gasteiger partial charge is 0.338 e. The molecule has 0 bridgehead atoms. The zero-order valence-corrected chi connectivity index (χ0v) is 16.1. The molecular weight excluding hydrogens is 342 g/mol. The summed E-state index contributed by atoms with van der Waals surface area (Å²) in [5.74, 6) is 0.974. The van der Waals surface area contributed by atoms with Crippen LogP contribution >= 0.6 is 0 Å². The number of carbonyl (C=O) groups excluding carboxylic acids is 1. The fraction of sp³-hybridized carbons (Fsp3) is 0.600. The van der Waals surface area contributed by atoms with E-state index in [0.717, 1.165) is 43.7 Å². The van der Waals surface area contributed by atoms with Crippen molar-refractivity contribution in [2.24, 2.45) is 7.05 Å². The van der Waals surface area contributed by atoms with Gasteiger partial charge in [-0.05, 0) is 44.7 Å². The van der Waals surface area contributed by atoms with Gasteiger partial charge in [0.05, 0.1) is 5.56 Å². The van der Waals surface area contributed by atoms with Gasteiger partial charge >= 0.3 is 5.69 Å². The van der Waals surface area contributed by atoms with Crippen molar-refractivity contribution in [1.29, 1.82) is 0 Å². The van der Waals surface area contributed by atoms with Gasteiger partial charge in [0, 0.05) is 44.0 Å². The minimum atomic E-state index is -0.0249. The predicted molar refractivity (Wildman–Crippen MR) is 102 cm³/mol. The Kier molecular flexibility index (Phi) is 4.85. The average molecular weight is 369 g/mol. The molecule has 2 aromatic heterocycles. The Labute approximate surface area is 159 Å². The molecule has 1 amide bonds. The number of rotatable bonds is 3. The van der Waals surface area contributed by atoms with E-state index in [1.165, 1.54) is 17.5 Å². The lowest BCUT2D eigenvalue weighted by Crippen LogP contribution is -2.40. The quantitative estimate of drug-likeness (QED) is 0.833. The van der Waals surface area contributed by atoms with E-state index < -0.39 is 0 Å². The first-order chi connectivity index (χ1) is 13.0. The maximum atomic E-state index is 12.9. The molecule has 0 spiro atoms. The Morgan fingerprint density at radius 3 is 2.63 bits per heavy atom. The molecule has 7 heteroatoms. The topological polar surface area (TPSA) is 73.0 Å². The van der Waals surface area contributed by atoms with Gasteiger partial charge in [-0.15, -0.1) is 0 Å². The number of carbonyl (C=O) groups is 1. The van der Waals surface area contributed by atoms with E-state index in [1.54, 1.807) is 13.2 Å². The summed E-state index contributed by atoms with van der Waals surface area (Å²) in [7, 11) is 1.72. The fourth-order valence-corrected chi connectivity index (χ4v) is 4.43. The molecule has 1 unspecified atom stereocenters. The number of aryl methyl sites for hydroxylation is 2. The molecule has 1 saturated carbocycles. The second-order valence-electron chi connectivity index (χ2n) is 7.85. The molecule has 1 aliphatic carbocycles. The van der Waals surface area contributed by atoms with Gasteiger partial charge < -0.3 is 4.90 Å². The highest BCUT2D eigenvalue weighted by molar-refractivity contribution is 5.94. The molecule has 1 aliphatic heterocycles. The molecule has 7 nitrogen and oxygen atoms in total. The molecule has 27 heavy (non-hydrogen) atoms. The van der Waals surface area contributed by atoms with Gasteiger partial charge in [-0.25, -0.2) is 9.48 Å². The normalized spacial score (nSPS) is 21.0. The third-order valence-electron chi connectivity index (χ3n) is 5.90. The predicted octanol–water partition coefficient (Wildman–Crippen LogP) is 2.42. The summed E-state index contributed by atoms with van der Waals surface area (Å²) >= 11 is 0. The molecule has 2 aliphatic rings. The van der Waals surface area contributed by atoms with Gasteiger partial charge in [0.1, 0.15) is 5.82 Å². The van der Waals surface area contributed by atoms with E-state index in [-0.39, 0.29) is 23.6 Å². The standard InChI is InChI=1S/C20H27N5O2/c1-14-9-10-15(12-21-14)19(26)24-11-5-6-16(13-24)18-22-23(2)20(27)25(18)17-7-3-4-8-17/h9-10,12,16-17H,3-8,11,13H2,1-2H3. The van der Waals surface area contributed by atoms with Gasteiger partial charge in [-0.1, -0.05) is 12.8 Å². The summed E-state index contributed by atoms with van der Waals surface area (Å²) in [5, 5.41) is 4.57. The third kappa shape index (κ3) is 3.42. The number of likely N-dealkylation sites (tertiary alicyclic amines) is 1. The van der Waals surface area contributed by atoms with Crippen molar-refractivity contribution in [2.45, 2.75) is 57.4 Å². The number of aromatic nitrogens is 4. The Balaban J connectivity index is 1.58. The maximum Gasteiger partial charge on any atom is 0.345 e. The van der Waals surface area contributed by atoms with E-state index >= 15 is 0 Å². The largest absolute Gasteiger partial charge is 0.345 e. The molecule has 1 saturated heterocycles. The van der Waals surface area contributed by atoms with Crippen LogP contribution in [0, 0.1) is 6.92 Å². The Hall–Kier alpha value is -2.44. The van der Waals surface area contributed by atoms with Crippen molar-refractivity contribution in [1.82, 2.24) is 24.2 Å². The SMILES string of the molecule is Cc1ccc(C(=O)N2CCCC(c3nn(C)c(=O)n3C3CCCC3)C2)cn1. The number of nitrogens with zero attached hydrogens (tertiary/aromatic N) is 5. The number of amides is 1. The lowest BCUT2D eigenvalue weighted by atomic mass is 9.96. The number of hydrogen-bond acceptors (Lipinski definition) is 4. The van der Waals surface area contributed by atoms with Crippen LogP contribution in [0.2, 0.25) is 0 Å². The summed E-state index contributed by atoms with van der Waals surface area (Å²) in [5.41, 5.74) is 1.50. The van der Waals surface area contributed by atoms with Crippen LogP contribution in [0.25, 0.3) is 0 Å². The van der Waals surface area contributed by atoms with Crippen LogP contribution in [0.3, 0.4) is 0 Å². The van der Waals surface area contributed by atoms with Gasteiger partial charge in [-0.3, -0.25) is 14.3 Å². The minimum absolute atomic E-state index is 0.0119. The highest BCUT2D eigenvalue weighted by Crippen LogP contribution is 2.33. The monoisotopic (exact) mass is 369 g/mol. The molecule has 0 N–H and O–H groups in total. The average Bonchev–Trinajstić information content (AvgIpc) is 3.30. The van der Waals surface area contributed by atoms with Crippen molar-refractivity contribution in [3.05, 3.63) is 45.9 Å². The lowest BCUT2D eigenvalue weighted by Gasteiger charge is -2.32. The first-order valence-electron chi connectivity index (χ1n) is 9.92. The van der Waals surface area contributed by atoms with Crippen molar-refractivity contribution in [2.75, 3.05) is 13.1 Å². The molecule has 144 valence electrons. The van der Waals surface area contributed by atoms with E-state index in [1.807, 2.05) is 28.5 Å². The second kappa shape index (κ2) is 7.29. The summed E-state index contributed by atoms with van der Waals surface area (Å²) in [6, 6.07) is 3.96. The van der Waals surface area contributed by atoms with Crippen LogP contribution < -0.4 is 5.69 Å². The molecule has 2 aromatic rings. The fourth-order valence-electron chi connectivity index (χ4n) is 4.43. The second-order valence-corrected chi connectivity index (χ2v) is 7.85. The van der Waals surface area contributed by atoms with Crippen molar-refractivity contribution >= 4 is 5.91 Å². The Morgan fingerprint density at radius 1 is 1.15 bits per heavy atom. The minimum Gasteiger partial charge on any atom is -0.338 e. The summed E-state index contributed by atoms with van der Waals surface area (Å²) < 4.78 is 3.37. The van der Waals surface area contributed by atoms with Gasteiger partial charge in [0.2, 0.25) is 0 Å². The molecule has 2 fully saturated rings. The molecule has 3 heterocycles.